The number of anilines is 1. The van der Waals surface area contributed by atoms with Crippen LogP contribution in [0.15, 0.2) is 85.6 Å². The van der Waals surface area contributed by atoms with E-state index in [0.717, 1.165) is 0 Å². The van der Waals surface area contributed by atoms with Crippen LogP contribution in [0, 0.1) is 17.2 Å². The first-order chi connectivity index (χ1) is 39.0. The number of nitrogens with two attached hydrogens (primary N) is 3. The summed E-state index contributed by atoms with van der Waals surface area (Å²) in [5.74, 6) is -9.46. The molecule has 0 aliphatic carbocycles. The largest absolute Gasteiger partial charge is 0.508 e. The molecule has 28 heteroatoms. The van der Waals surface area contributed by atoms with Crippen LogP contribution in [0.25, 0.3) is 0 Å². The number of guanidine groups is 1. The topological polar surface area (TPSA) is 458 Å². The van der Waals surface area contributed by atoms with E-state index in [-0.39, 0.29) is 63.3 Å². The lowest BCUT2D eigenvalue weighted by Gasteiger charge is -2.32. The van der Waals surface area contributed by atoms with Crippen LogP contribution in [-0.4, -0.2) is 161 Å². The second-order valence-electron chi connectivity index (χ2n) is 20.0. The molecule has 444 valence electrons. The zero-order valence-electron chi connectivity index (χ0n) is 46.2. The Morgan fingerprint density at radius 3 is 1.91 bits per heavy atom. The molecule has 18 N–H and O–H groups in total. The molecule has 1 aliphatic heterocycles. The number of imidazole rings is 1. The van der Waals surface area contributed by atoms with Gasteiger partial charge < -0.3 is 79.6 Å². The van der Waals surface area contributed by atoms with Gasteiger partial charge in [-0.25, -0.2) is 19.7 Å². The number of carbonyl (C=O) groups is 9. The van der Waals surface area contributed by atoms with Gasteiger partial charge in [0.15, 0.2) is 5.96 Å². The van der Waals surface area contributed by atoms with E-state index in [1.165, 1.54) is 41.7 Å². The number of aromatic amines is 1. The molecule has 0 radical (unpaired) electrons. The Balaban J connectivity index is 0.00000191. The Hall–Kier alpha value is -9.21. The molecule has 1 fully saturated rings. The molecular formula is C54H76N16O12. The zero-order valence-corrected chi connectivity index (χ0v) is 46.2. The number of hydrogen-bond acceptors (Lipinski definition) is 16. The highest BCUT2D eigenvalue weighted by Crippen LogP contribution is 2.21. The molecule has 1 saturated heterocycles. The molecule has 0 unspecified atom stereocenters. The van der Waals surface area contributed by atoms with Crippen LogP contribution in [-0.2, 0) is 62.4 Å². The molecule has 3 heterocycles. The lowest BCUT2D eigenvalue weighted by atomic mass is 9.96. The first-order valence-corrected chi connectivity index (χ1v) is 26.7. The summed E-state index contributed by atoms with van der Waals surface area (Å²) >= 11 is 0. The maximum atomic E-state index is 14.6. The number of phenols is 1. The van der Waals surface area contributed by atoms with Gasteiger partial charge in [-0.2, -0.15) is 0 Å². The number of aliphatic carboxylic acids is 2. The molecule has 82 heavy (non-hydrogen) atoms. The van der Waals surface area contributed by atoms with Crippen molar-refractivity contribution in [3.63, 3.8) is 0 Å². The van der Waals surface area contributed by atoms with Gasteiger partial charge >= 0.3 is 11.9 Å². The lowest BCUT2D eigenvalue weighted by molar-refractivity contribution is -0.145. The fraction of sp³-hybridized carbons (Fsp3) is 0.463. The summed E-state index contributed by atoms with van der Waals surface area (Å²) < 4.78 is 0. The minimum Gasteiger partial charge on any atom is -0.508 e. The van der Waals surface area contributed by atoms with E-state index < -0.39 is 120 Å². The molecule has 28 nitrogen and oxygen atoms in total. The standard InChI is InChI=1S/C50H71N13O12.C4H5N3/c1-5-28(4)41(47(72)59-36(23-31-25-54-26-56-31)48(73)63-20-10-14-38(63)45(70)60-37(49(74)75)22-29-11-7-6-8-12-29)62-44(69)35(21-30-15-17-32(64)18-16-30)58-46(71)40(27(2)3)61-43(68)34(13-9-19-55-50(52)53)57-42(67)33(51)24-39(65)66;5-4-6-2-1-3-7-4/h6-8,11-12,15-18,25-28,33-38,40-41,64H,5,9-10,13-14,19-24,51H2,1-4H3,(H,54,56)(H,57,67)(H,58,71)(H,59,72)(H,60,70)(H,61,68)(H,62,69)(H,65,66)(H,74,75)(H4,52,53,55);1-3H,(H2,5,6,7)/t28-,33-,34-,35-,36-,37-,38-,40-,41-;/m0./s1. The van der Waals surface area contributed by atoms with Crippen molar-refractivity contribution in [2.45, 2.75) is 134 Å². The molecule has 7 amide bonds. The number of nitrogen functional groups attached to an aromatic ring is 1. The minimum absolute atomic E-state index is 0.00272. The van der Waals surface area contributed by atoms with Crippen LogP contribution in [0.5, 0.6) is 5.75 Å². The van der Waals surface area contributed by atoms with Gasteiger partial charge in [-0.3, -0.25) is 43.8 Å². The van der Waals surface area contributed by atoms with Gasteiger partial charge in [-0.1, -0.05) is 76.6 Å². The van der Waals surface area contributed by atoms with E-state index in [0.29, 0.717) is 35.6 Å². The van der Waals surface area contributed by atoms with Crippen LogP contribution in [0.2, 0.25) is 0 Å². The van der Waals surface area contributed by atoms with Crippen LogP contribution in [0.1, 0.15) is 83.0 Å². The maximum absolute atomic E-state index is 14.6. The second kappa shape index (κ2) is 32.8. The van der Waals surface area contributed by atoms with Crippen molar-refractivity contribution in [2.75, 3.05) is 18.8 Å². The Morgan fingerprint density at radius 2 is 1.34 bits per heavy atom. The van der Waals surface area contributed by atoms with E-state index in [2.05, 4.69) is 57.2 Å². The van der Waals surface area contributed by atoms with Gasteiger partial charge in [-0.05, 0) is 66.8 Å². The Morgan fingerprint density at radius 1 is 0.744 bits per heavy atom. The number of benzene rings is 2. The molecule has 0 saturated carbocycles. The van der Waals surface area contributed by atoms with Gasteiger partial charge in [0.2, 0.25) is 47.3 Å². The summed E-state index contributed by atoms with van der Waals surface area (Å²) in [5.41, 5.74) is 17.9. The quantitative estimate of drug-likeness (QED) is 0.0175. The second-order valence-corrected chi connectivity index (χ2v) is 20.0. The van der Waals surface area contributed by atoms with E-state index in [1.54, 1.807) is 76.5 Å². The summed E-state index contributed by atoms with van der Waals surface area (Å²) in [6, 6.07) is 5.66. The number of carbonyl (C=O) groups excluding carboxylic acids is 7. The number of carboxylic acids is 2. The predicted molar refractivity (Wildman–Crippen MR) is 298 cm³/mol. The van der Waals surface area contributed by atoms with Crippen molar-refractivity contribution in [1.29, 1.82) is 5.41 Å². The molecule has 2 aromatic heterocycles. The Bertz CT molecular complexity index is 2760. The molecule has 0 spiro atoms. The molecular weight excluding hydrogens is 1060 g/mol. The minimum atomic E-state index is -1.51. The van der Waals surface area contributed by atoms with Gasteiger partial charge in [0.1, 0.15) is 48.0 Å². The Labute approximate surface area is 473 Å². The average Bonchev–Trinajstić information content (AvgIpc) is 4.27. The number of nitrogens with one attached hydrogen (secondary N) is 9. The normalized spacial score (nSPS) is 15.7. The van der Waals surface area contributed by atoms with Crippen molar-refractivity contribution in [2.24, 2.45) is 23.3 Å². The number of amides is 7. The smallest absolute Gasteiger partial charge is 0.326 e. The molecule has 5 rings (SSSR count). The van der Waals surface area contributed by atoms with Crippen molar-refractivity contribution in [3.05, 3.63) is 102 Å². The third-order valence-corrected chi connectivity index (χ3v) is 13.3. The average molecular weight is 1140 g/mol. The van der Waals surface area contributed by atoms with E-state index in [1.807, 2.05) is 0 Å². The fourth-order valence-corrected chi connectivity index (χ4v) is 8.65. The first-order valence-electron chi connectivity index (χ1n) is 26.7. The van der Waals surface area contributed by atoms with E-state index in [4.69, 9.17) is 27.7 Å². The molecule has 2 aromatic carbocycles. The molecule has 4 aromatic rings. The predicted octanol–water partition coefficient (Wildman–Crippen LogP) is -1.05. The van der Waals surface area contributed by atoms with Crippen molar-refractivity contribution in [1.82, 2.24) is 62.1 Å². The summed E-state index contributed by atoms with van der Waals surface area (Å²) in [6.45, 7) is 6.96. The number of carboxylic acid groups (broad SMARTS) is 2. The van der Waals surface area contributed by atoms with Crippen molar-refractivity contribution >= 4 is 65.2 Å². The third kappa shape index (κ3) is 21.4. The fourth-order valence-electron chi connectivity index (χ4n) is 8.65. The summed E-state index contributed by atoms with van der Waals surface area (Å²) in [7, 11) is 0. The van der Waals surface area contributed by atoms with E-state index >= 15 is 0 Å². The Kier molecular flexibility index (Phi) is 26.1. The number of aromatic nitrogens is 4. The first kappa shape index (κ1) is 65.3. The van der Waals surface area contributed by atoms with Crippen molar-refractivity contribution < 1.29 is 58.5 Å². The number of nitrogens with zero attached hydrogens (tertiary/aromatic N) is 4. The van der Waals surface area contributed by atoms with Crippen molar-refractivity contribution in [3.8, 4) is 5.75 Å². The zero-order chi connectivity index (χ0) is 60.5. The van der Waals surface area contributed by atoms with Gasteiger partial charge in [-0.15, -0.1) is 0 Å². The number of hydrogen-bond donors (Lipinski definition) is 15. The van der Waals surface area contributed by atoms with Crippen LogP contribution >= 0.6 is 0 Å². The van der Waals surface area contributed by atoms with Crippen LogP contribution in [0.4, 0.5) is 5.95 Å². The number of likely N-dealkylation sites (tertiary alicyclic amines) is 1. The number of aromatic hydroxyl groups is 1. The van der Waals surface area contributed by atoms with E-state index in [9.17, 15) is 53.4 Å². The van der Waals surface area contributed by atoms with Crippen LogP contribution in [0.3, 0.4) is 0 Å². The summed E-state index contributed by atoms with van der Waals surface area (Å²) in [4.78, 5) is 138. The summed E-state index contributed by atoms with van der Waals surface area (Å²) in [5, 5.41) is 55.1. The SMILES string of the molecule is CC[C@H](C)[C@H](NC(=O)[C@H](Cc1ccc(O)cc1)NC(=O)[C@@H](NC(=O)[C@H](CCCNC(=N)N)NC(=O)[C@@H](N)CC(=O)O)C(C)C)C(=O)N[C@@H](Cc1cnc[nH]1)C(=O)N1CCC[C@H]1C(=O)N[C@@H](Cc1ccccc1)C(=O)O.Nc1ncccn1. The highest BCUT2D eigenvalue weighted by molar-refractivity contribution is 5.98. The third-order valence-electron chi connectivity index (χ3n) is 13.3. The number of rotatable bonds is 29. The monoisotopic (exact) mass is 1140 g/mol. The van der Waals surface area contributed by atoms with Gasteiger partial charge in [0.25, 0.3) is 0 Å². The highest BCUT2D eigenvalue weighted by Gasteiger charge is 2.41. The lowest BCUT2D eigenvalue weighted by Crippen LogP contribution is -2.62. The molecule has 1 aliphatic rings. The molecule has 0 bridgehead atoms. The maximum Gasteiger partial charge on any atom is 0.326 e. The van der Waals surface area contributed by atoms with Crippen LogP contribution < -0.4 is 54.4 Å². The number of H-pyrrole nitrogens is 1. The summed E-state index contributed by atoms with van der Waals surface area (Å²) in [6.07, 6.45) is 6.13. The van der Waals surface area contributed by atoms with Gasteiger partial charge in [0, 0.05) is 56.6 Å². The number of phenolic OH excluding ortho intramolecular Hbond substituents is 1. The molecule has 9 atom stereocenters. The van der Waals surface area contributed by atoms with Gasteiger partial charge in [0.05, 0.1) is 18.8 Å². The highest BCUT2D eigenvalue weighted by atomic mass is 16.4.